The van der Waals surface area contributed by atoms with E-state index in [2.05, 4.69) is 24.2 Å². The molecule has 0 spiro atoms. The van der Waals surface area contributed by atoms with Crippen LogP contribution in [0.2, 0.25) is 0 Å². The average Bonchev–Trinajstić information content (AvgIpc) is 2.93. The van der Waals surface area contributed by atoms with Crippen molar-refractivity contribution >= 4 is 11.9 Å². The van der Waals surface area contributed by atoms with Crippen LogP contribution in [0.5, 0.6) is 0 Å². The van der Waals surface area contributed by atoms with Crippen LogP contribution in [-0.2, 0) is 4.79 Å². The second kappa shape index (κ2) is 32.3. The van der Waals surface area contributed by atoms with E-state index in [1.165, 1.54) is 148 Å². The molecule has 0 aliphatic carbocycles. The molecule has 0 saturated carbocycles. The van der Waals surface area contributed by atoms with Crippen molar-refractivity contribution < 1.29 is 4.79 Å². The molecule has 0 radical (unpaired) electrons. The highest BCUT2D eigenvalue weighted by atomic mass is 16.1. The van der Waals surface area contributed by atoms with E-state index >= 15 is 0 Å². The molecule has 0 aromatic heterocycles. The summed E-state index contributed by atoms with van der Waals surface area (Å²) in [5.74, 6) is 0.418. The van der Waals surface area contributed by atoms with Crippen molar-refractivity contribution in [1.82, 2.24) is 5.32 Å². The molecule has 0 aromatic carbocycles. The molecule has 1 amide bonds. The van der Waals surface area contributed by atoms with Crippen LogP contribution < -0.4 is 16.8 Å². The molecule has 1 unspecified atom stereocenters. The lowest BCUT2D eigenvalue weighted by atomic mass is 10.00. The Morgan fingerprint density at radius 2 is 0.875 bits per heavy atom. The molecule has 0 aliphatic rings. The summed E-state index contributed by atoms with van der Waals surface area (Å²) < 4.78 is 0. The Labute approximate surface area is 250 Å². The van der Waals surface area contributed by atoms with Crippen LogP contribution in [-0.4, -0.2) is 24.5 Å². The average molecular weight is 565 g/mol. The van der Waals surface area contributed by atoms with Gasteiger partial charge in [-0.2, -0.15) is 0 Å². The van der Waals surface area contributed by atoms with Gasteiger partial charge in [-0.3, -0.25) is 9.79 Å². The minimum Gasteiger partial charge on any atom is -0.370 e. The molecule has 5 heteroatoms. The van der Waals surface area contributed by atoms with Crippen molar-refractivity contribution in [2.45, 2.75) is 206 Å². The lowest BCUT2D eigenvalue weighted by Crippen LogP contribution is -2.34. The molecular weight excluding hydrogens is 492 g/mol. The van der Waals surface area contributed by atoms with Crippen LogP contribution in [0.1, 0.15) is 200 Å². The predicted molar refractivity (Wildman–Crippen MR) is 178 cm³/mol. The minimum atomic E-state index is 0.170. The fourth-order valence-electron chi connectivity index (χ4n) is 5.66. The Kier molecular flexibility index (Phi) is 31.2. The maximum absolute atomic E-state index is 12.6. The first-order chi connectivity index (χ1) is 19.6. The van der Waals surface area contributed by atoms with E-state index < -0.39 is 0 Å². The van der Waals surface area contributed by atoms with Crippen molar-refractivity contribution in [3.05, 3.63) is 0 Å². The quantitative estimate of drug-likeness (QED) is 0.0431. The third-order valence-electron chi connectivity index (χ3n) is 8.28. The standard InChI is InChI=1S/C35H72N4O/c1-3-5-7-9-11-13-14-15-16-17-18-20-21-23-25-29-33(30-27-28-32-38-35(36)37)39-34(40)31-26-24-22-19-12-10-8-6-4-2/h33H,3-32H2,1-2H3,(H,39,40)(H4,36,37,38). The molecule has 238 valence electrons. The van der Waals surface area contributed by atoms with Crippen molar-refractivity contribution in [3.63, 3.8) is 0 Å². The Morgan fingerprint density at radius 3 is 1.27 bits per heavy atom. The SMILES string of the molecule is CCCCCCCCCCCCCCCCCC(CCCCN=C(N)N)NC(=O)CCCCCCCCCCC. The number of unbranched alkanes of at least 4 members (excludes halogenated alkanes) is 23. The van der Waals surface area contributed by atoms with E-state index in [1.54, 1.807) is 0 Å². The van der Waals surface area contributed by atoms with Crippen LogP contribution in [0.25, 0.3) is 0 Å². The molecule has 0 aromatic rings. The molecule has 1 atom stereocenters. The fourth-order valence-corrected chi connectivity index (χ4v) is 5.66. The number of aliphatic imine (C=N–C) groups is 1. The summed E-state index contributed by atoms with van der Waals surface area (Å²) in [5, 5.41) is 3.37. The highest BCUT2D eigenvalue weighted by Gasteiger charge is 2.12. The van der Waals surface area contributed by atoms with E-state index in [1.807, 2.05) is 0 Å². The first-order valence-electron chi connectivity index (χ1n) is 17.9. The molecule has 0 rings (SSSR count). The number of nitrogens with two attached hydrogens (primary N) is 2. The zero-order valence-corrected chi connectivity index (χ0v) is 27.3. The summed E-state index contributed by atoms with van der Waals surface area (Å²) in [5.41, 5.74) is 10.9. The zero-order chi connectivity index (χ0) is 29.4. The number of carbonyl (C=O) groups is 1. The van der Waals surface area contributed by atoms with Gasteiger partial charge in [0.2, 0.25) is 5.91 Å². The summed E-state index contributed by atoms with van der Waals surface area (Å²) in [7, 11) is 0. The summed E-state index contributed by atoms with van der Waals surface area (Å²) in [4.78, 5) is 16.7. The smallest absolute Gasteiger partial charge is 0.220 e. The monoisotopic (exact) mass is 565 g/mol. The van der Waals surface area contributed by atoms with Gasteiger partial charge in [0, 0.05) is 19.0 Å². The Balaban J connectivity index is 3.93. The topological polar surface area (TPSA) is 93.5 Å². The largest absolute Gasteiger partial charge is 0.370 e. The second-order valence-electron chi connectivity index (χ2n) is 12.4. The minimum absolute atomic E-state index is 0.170. The number of hydrogen-bond donors (Lipinski definition) is 3. The summed E-state index contributed by atoms with van der Waals surface area (Å²) in [6.45, 7) is 5.24. The van der Waals surface area contributed by atoms with Gasteiger partial charge in [0.05, 0.1) is 0 Å². The fraction of sp³-hybridized carbons (Fsp3) is 0.943. The van der Waals surface area contributed by atoms with Gasteiger partial charge in [0.15, 0.2) is 5.96 Å². The normalized spacial score (nSPS) is 11.9. The van der Waals surface area contributed by atoms with Crippen molar-refractivity contribution in [1.29, 1.82) is 0 Å². The van der Waals surface area contributed by atoms with Crippen LogP contribution in [0.15, 0.2) is 4.99 Å². The Morgan fingerprint density at radius 1 is 0.525 bits per heavy atom. The number of nitrogens with zero attached hydrogens (tertiary/aromatic N) is 1. The number of hydrogen-bond acceptors (Lipinski definition) is 2. The Hall–Kier alpha value is -1.26. The van der Waals surface area contributed by atoms with Gasteiger partial charge in [-0.05, 0) is 32.1 Å². The molecule has 0 saturated heterocycles. The number of nitrogens with one attached hydrogen (secondary N) is 1. The maximum atomic E-state index is 12.6. The summed E-state index contributed by atoms with van der Waals surface area (Å²) >= 11 is 0. The van der Waals surface area contributed by atoms with Crippen LogP contribution in [0.3, 0.4) is 0 Å². The molecule has 5 nitrogen and oxygen atoms in total. The molecular formula is C35H72N4O. The van der Waals surface area contributed by atoms with Crippen LogP contribution in [0, 0.1) is 0 Å². The van der Waals surface area contributed by atoms with Crippen molar-refractivity contribution in [3.8, 4) is 0 Å². The molecule has 0 fully saturated rings. The van der Waals surface area contributed by atoms with Gasteiger partial charge in [-0.1, -0.05) is 162 Å². The van der Waals surface area contributed by atoms with E-state index in [0.717, 1.165) is 32.1 Å². The molecule has 0 bridgehead atoms. The van der Waals surface area contributed by atoms with Gasteiger partial charge in [-0.25, -0.2) is 0 Å². The first-order valence-corrected chi connectivity index (χ1v) is 17.9. The molecule has 0 aliphatic heterocycles. The van der Waals surface area contributed by atoms with Crippen molar-refractivity contribution in [2.24, 2.45) is 16.5 Å². The highest BCUT2D eigenvalue weighted by Crippen LogP contribution is 2.16. The van der Waals surface area contributed by atoms with E-state index in [4.69, 9.17) is 11.5 Å². The Bertz CT molecular complexity index is 548. The molecule has 5 N–H and O–H groups in total. The van der Waals surface area contributed by atoms with Crippen LogP contribution >= 0.6 is 0 Å². The first kappa shape index (κ1) is 38.7. The summed E-state index contributed by atoms with van der Waals surface area (Å²) in [6.07, 6.45) is 37.2. The number of carbonyl (C=O) groups excluding carboxylic acids is 1. The number of guanidine groups is 1. The summed E-state index contributed by atoms with van der Waals surface area (Å²) in [6, 6.07) is 0.298. The van der Waals surface area contributed by atoms with Gasteiger partial charge in [-0.15, -0.1) is 0 Å². The maximum Gasteiger partial charge on any atom is 0.220 e. The third-order valence-corrected chi connectivity index (χ3v) is 8.28. The zero-order valence-electron chi connectivity index (χ0n) is 27.3. The van der Waals surface area contributed by atoms with Gasteiger partial charge in [0.25, 0.3) is 0 Å². The number of rotatable bonds is 32. The highest BCUT2D eigenvalue weighted by molar-refractivity contribution is 5.76. The van der Waals surface area contributed by atoms with Gasteiger partial charge < -0.3 is 16.8 Å². The lowest BCUT2D eigenvalue weighted by Gasteiger charge is -2.19. The van der Waals surface area contributed by atoms with E-state index in [-0.39, 0.29) is 11.9 Å². The third kappa shape index (κ3) is 31.3. The van der Waals surface area contributed by atoms with Crippen molar-refractivity contribution in [2.75, 3.05) is 6.54 Å². The van der Waals surface area contributed by atoms with E-state index in [0.29, 0.717) is 19.0 Å². The van der Waals surface area contributed by atoms with E-state index in [9.17, 15) is 4.79 Å². The second-order valence-corrected chi connectivity index (χ2v) is 12.4. The lowest BCUT2D eigenvalue weighted by molar-refractivity contribution is -0.122. The molecule has 0 heterocycles. The van der Waals surface area contributed by atoms with Gasteiger partial charge in [0.1, 0.15) is 0 Å². The van der Waals surface area contributed by atoms with Crippen LogP contribution in [0.4, 0.5) is 0 Å². The van der Waals surface area contributed by atoms with Gasteiger partial charge >= 0.3 is 0 Å². The molecule has 40 heavy (non-hydrogen) atoms. The predicted octanol–water partition coefficient (Wildman–Crippen LogP) is 10.1. The number of amides is 1.